The van der Waals surface area contributed by atoms with E-state index >= 15 is 0 Å². The van der Waals surface area contributed by atoms with Gasteiger partial charge in [0.15, 0.2) is 11.4 Å². The Labute approximate surface area is 155 Å². The van der Waals surface area contributed by atoms with Gasteiger partial charge in [-0.1, -0.05) is 19.4 Å². The van der Waals surface area contributed by atoms with Crippen LogP contribution >= 0.6 is 9.47 Å². The molecule has 26 heavy (non-hydrogen) atoms. The number of aryl methyl sites for hydroxylation is 2. The van der Waals surface area contributed by atoms with E-state index in [2.05, 4.69) is 16.4 Å². The molecule has 0 radical (unpaired) electrons. The lowest BCUT2D eigenvalue weighted by Gasteiger charge is -2.14. The second-order valence-corrected chi connectivity index (χ2v) is 6.42. The summed E-state index contributed by atoms with van der Waals surface area (Å²) in [4.78, 5) is 25.1. The lowest BCUT2D eigenvalue weighted by molar-refractivity contribution is 0.103. The molecule has 5 nitrogen and oxygen atoms in total. The summed E-state index contributed by atoms with van der Waals surface area (Å²) >= 11 is 0. The van der Waals surface area contributed by atoms with Crippen molar-refractivity contribution in [2.75, 3.05) is 7.11 Å². The highest BCUT2D eigenvalue weighted by Gasteiger charge is 2.25. The summed E-state index contributed by atoms with van der Waals surface area (Å²) in [5.74, 6) is 0.325. The summed E-state index contributed by atoms with van der Waals surface area (Å²) in [5, 5.41) is 7.85. The van der Waals surface area contributed by atoms with Crippen LogP contribution in [0.2, 0.25) is 0 Å². The third-order valence-corrected chi connectivity index (χ3v) is 4.72. The molecule has 1 aliphatic rings. The van der Waals surface area contributed by atoms with Crippen molar-refractivity contribution < 1.29 is 18.8 Å². The van der Waals surface area contributed by atoms with Crippen molar-refractivity contribution in [2.24, 2.45) is 0 Å². The molecule has 0 spiro atoms. The second-order valence-electron chi connectivity index (χ2n) is 6.18. The van der Waals surface area contributed by atoms with E-state index in [1.807, 2.05) is 19.1 Å². The van der Waals surface area contributed by atoms with E-state index in [1.54, 1.807) is 0 Å². The topological polar surface area (TPSA) is 76.7 Å². The summed E-state index contributed by atoms with van der Waals surface area (Å²) < 4.78 is 10.9. The van der Waals surface area contributed by atoms with Crippen LogP contribution in [0.15, 0.2) is 33.0 Å². The smallest absolute Gasteiger partial charge is 0.336 e. The molecule has 1 aromatic heterocycles. The van der Waals surface area contributed by atoms with Crippen molar-refractivity contribution in [1.29, 1.82) is 0 Å². The normalized spacial score (nSPS) is 13.2. The standard InChI is InChI=1S/C19H21O4P.CH4O/c1-3-6-13-10-15(20)22-19-16(13)11(2)9-14(23-24)17(19)18(21)12-7-4-5-8-12;1-2/h7,9-10H,3-6,8,24H2,1-2H3;2H,1H3. The molecule has 2 aromatic rings. The largest absolute Gasteiger partial charge is 0.479 e. The first kappa shape index (κ1) is 20.3. The Hall–Kier alpha value is -1.97. The maximum atomic E-state index is 13.0. The van der Waals surface area contributed by atoms with E-state index in [-0.39, 0.29) is 5.78 Å². The second kappa shape index (κ2) is 9.11. The molecule has 140 valence electrons. The molecular weight excluding hydrogens is 351 g/mol. The van der Waals surface area contributed by atoms with Crippen molar-refractivity contribution in [3.63, 3.8) is 0 Å². The molecule has 0 aliphatic heterocycles. The molecule has 0 saturated carbocycles. The van der Waals surface area contributed by atoms with E-state index in [4.69, 9.17) is 14.0 Å². The molecule has 6 heteroatoms. The molecule has 1 unspecified atom stereocenters. The predicted octanol–water partition coefficient (Wildman–Crippen LogP) is 4.12. The van der Waals surface area contributed by atoms with Crippen LogP contribution in [0.5, 0.6) is 5.75 Å². The van der Waals surface area contributed by atoms with Gasteiger partial charge in [-0.3, -0.25) is 4.79 Å². The van der Waals surface area contributed by atoms with Crippen molar-refractivity contribution >= 4 is 26.2 Å². The molecular formula is C20H25O5P. The number of aliphatic hydroxyl groups is 1. The van der Waals surface area contributed by atoms with E-state index in [0.29, 0.717) is 16.9 Å². The average Bonchev–Trinajstić information content (AvgIpc) is 3.17. The van der Waals surface area contributed by atoms with Gasteiger partial charge in [0.1, 0.15) is 11.3 Å². The number of hydrogen-bond donors (Lipinski definition) is 1. The van der Waals surface area contributed by atoms with Crippen LogP contribution in [-0.4, -0.2) is 18.0 Å². The summed E-state index contributed by atoms with van der Waals surface area (Å²) in [7, 11) is 3.18. The summed E-state index contributed by atoms with van der Waals surface area (Å²) in [5.41, 5.74) is 2.90. The van der Waals surface area contributed by atoms with Gasteiger partial charge in [-0.15, -0.1) is 0 Å². The minimum Gasteiger partial charge on any atom is -0.479 e. The zero-order valence-electron chi connectivity index (χ0n) is 15.4. The fourth-order valence-corrected chi connectivity index (χ4v) is 3.60. The van der Waals surface area contributed by atoms with Crippen LogP contribution in [0, 0.1) is 6.92 Å². The fraction of sp³-hybridized carbons (Fsp3) is 0.400. The number of hydrogen-bond acceptors (Lipinski definition) is 5. The molecule has 0 fully saturated rings. The minimum atomic E-state index is -0.430. The van der Waals surface area contributed by atoms with Crippen molar-refractivity contribution in [3.05, 3.63) is 50.9 Å². The van der Waals surface area contributed by atoms with Gasteiger partial charge < -0.3 is 14.0 Å². The first-order valence-electron chi connectivity index (χ1n) is 8.72. The Morgan fingerprint density at radius 1 is 1.35 bits per heavy atom. The predicted molar refractivity (Wildman–Crippen MR) is 106 cm³/mol. The SMILES string of the molecule is CCCc1cc(=O)oc2c(C(=O)C3=CCCC3)c(OP)cc(C)c12.CO. The highest BCUT2D eigenvalue weighted by molar-refractivity contribution is 7.10. The van der Waals surface area contributed by atoms with Crippen LogP contribution in [0.3, 0.4) is 0 Å². The molecule has 0 amide bonds. The molecule has 1 atom stereocenters. The molecule has 1 aromatic carbocycles. The number of benzene rings is 1. The number of aliphatic hydroxyl groups excluding tert-OH is 1. The number of Topliss-reactive ketones (excluding diaryl/α,β-unsaturated/α-hetero) is 1. The molecule has 1 heterocycles. The number of rotatable bonds is 5. The number of carbonyl (C=O) groups is 1. The zero-order chi connectivity index (χ0) is 19.3. The van der Waals surface area contributed by atoms with Gasteiger partial charge in [0.25, 0.3) is 0 Å². The van der Waals surface area contributed by atoms with E-state index in [0.717, 1.165) is 61.3 Å². The highest BCUT2D eigenvalue weighted by Crippen LogP contribution is 2.36. The van der Waals surface area contributed by atoms with Crippen LogP contribution in [0.1, 0.15) is 54.1 Å². The van der Waals surface area contributed by atoms with Crippen molar-refractivity contribution in [3.8, 4) is 5.75 Å². The Kier molecular flexibility index (Phi) is 7.13. The zero-order valence-corrected chi connectivity index (χ0v) is 16.6. The number of allylic oxidation sites excluding steroid dienone is 2. The third kappa shape index (κ3) is 3.89. The van der Waals surface area contributed by atoms with Gasteiger partial charge in [-0.05, 0) is 55.4 Å². The monoisotopic (exact) mass is 376 g/mol. The molecule has 0 saturated heterocycles. The molecule has 0 bridgehead atoms. The van der Waals surface area contributed by atoms with Gasteiger partial charge in [-0.2, -0.15) is 0 Å². The molecule has 3 rings (SSSR count). The van der Waals surface area contributed by atoms with Gasteiger partial charge >= 0.3 is 5.63 Å². The van der Waals surface area contributed by atoms with Crippen LogP contribution in [-0.2, 0) is 6.42 Å². The fourth-order valence-electron chi connectivity index (χ4n) is 3.41. The molecule has 1 aliphatic carbocycles. The van der Waals surface area contributed by atoms with Crippen LogP contribution in [0.4, 0.5) is 0 Å². The number of ketones is 1. The quantitative estimate of drug-likeness (QED) is 0.482. The Morgan fingerprint density at radius 2 is 2.08 bits per heavy atom. The maximum Gasteiger partial charge on any atom is 0.336 e. The van der Waals surface area contributed by atoms with E-state index in [1.165, 1.54) is 6.07 Å². The number of fused-ring (bicyclic) bond motifs is 1. The minimum absolute atomic E-state index is 0.105. The van der Waals surface area contributed by atoms with Crippen LogP contribution < -0.4 is 10.1 Å². The van der Waals surface area contributed by atoms with Crippen molar-refractivity contribution in [2.45, 2.75) is 46.0 Å². The number of carbonyl (C=O) groups excluding carboxylic acids is 1. The van der Waals surface area contributed by atoms with Gasteiger partial charge in [0.05, 0.1) is 9.47 Å². The lowest BCUT2D eigenvalue weighted by Crippen LogP contribution is -2.09. The summed E-state index contributed by atoms with van der Waals surface area (Å²) in [6.45, 7) is 4.00. The van der Waals surface area contributed by atoms with Crippen LogP contribution in [0.25, 0.3) is 11.0 Å². The average molecular weight is 376 g/mol. The van der Waals surface area contributed by atoms with Gasteiger partial charge in [0.2, 0.25) is 0 Å². The summed E-state index contributed by atoms with van der Waals surface area (Å²) in [6, 6.07) is 3.38. The molecule has 1 N–H and O–H groups in total. The van der Waals surface area contributed by atoms with E-state index in [9.17, 15) is 9.59 Å². The Bertz CT molecular complexity index is 895. The van der Waals surface area contributed by atoms with Gasteiger partial charge in [-0.25, -0.2) is 4.79 Å². The first-order chi connectivity index (χ1) is 12.6. The van der Waals surface area contributed by atoms with Crippen molar-refractivity contribution in [1.82, 2.24) is 0 Å². The first-order valence-corrected chi connectivity index (χ1v) is 9.19. The highest BCUT2D eigenvalue weighted by atomic mass is 31.0. The van der Waals surface area contributed by atoms with E-state index < -0.39 is 5.63 Å². The summed E-state index contributed by atoms with van der Waals surface area (Å²) in [6.07, 6.45) is 6.28. The lowest BCUT2D eigenvalue weighted by atomic mass is 9.94. The maximum absolute atomic E-state index is 13.0. The van der Waals surface area contributed by atoms with Gasteiger partial charge in [0, 0.05) is 18.6 Å². The Morgan fingerprint density at radius 3 is 2.65 bits per heavy atom. The third-order valence-electron chi connectivity index (χ3n) is 4.46. The Balaban J connectivity index is 0.00000117.